The topological polar surface area (TPSA) is 97.0 Å². The second-order valence-electron chi connectivity index (χ2n) is 7.59. The van der Waals surface area contributed by atoms with Gasteiger partial charge in [0, 0.05) is 10.6 Å². The van der Waals surface area contributed by atoms with Gasteiger partial charge in [0.1, 0.15) is 24.0 Å². The van der Waals surface area contributed by atoms with Crippen LogP contribution in [0.4, 0.5) is 0 Å². The zero-order valence-corrected chi connectivity index (χ0v) is 18.2. The van der Waals surface area contributed by atoms with E-state index in [1.165, 1.54) is 0 Å². The van der Waals surface area contributed by atoms with E-state index < -0.39 is 5.92 Å². The highest BCUT2D eigenvalue weighted by molar-refractivity contribution is 6.30. The molecule has 0 fully saturated rings. The molecule has 5 rings (SSSR count). The minimum absolute atomic E-state index is 0.0496. The van der Waals surface area contributed by atoms with E-state index in [9.17, 15) is 5.26 Å². The van der Waals surface area contributed by atoms with Crippen LogP contribution in [0.1, 0.15) is 22.6 Å². The van der Waals surface area contributed by atoms with Gasteiger partial charge in [0.25, 0.3) is 0 Å². The number of nitriles is 1. The Hall–Kier alpha value is -4.21. The Labute approximate surface area is 195 Å². The smallest absolute Gasteiger partial charge is 0.244 e. The molecule has 4 aromatic rings. The van der Waals surface area contributed by atoms with Crippen molar-refractivity contribution in [2.45, 2.75) is 12.5 Å². The molecular weight excluding hydrogens is 436 g/mol. The summed E-state index contributed by atoms with van der Waals surface area (Å²) in [6.07, 6.45) is 0. The summed E-state index contributed by atoms with van der Waals surface area (Å²) >= 11 is 6.06. The van der Waals surface area contributed by atoms with Gasteiger partial charge >= 0.3 is 0 Å². The summed E-state index contributed by atoms with van der Waals surface area (Å²) < 4.78 is 11.6. The van der Waals surface area contributed by atoms with Gasteiger partial charge in [0.2, 0.25) is 11.8 Å². The van der Waals surface area contributed by atoms with Gasteiger partial charge in [-0.05, 0) is 35.4 Å². The molecule has 0 unspecified atom stereocenters. The Morgan fingerprint density at radius 3 is 2.45 bits per heavy atom. The monoisotopic (exact) mass is 454 g/mol. The number of nitrogens with two attached hydrogens (primary N) is 1. The molecule has 1 aliphatic rings. The molecule has 1 atom stereocenters. The molecule has 0 bridgehead atoms. The molecule has 3 N–H and O–H groups in total. The van der Waals surface area contributed by atoms with Crippen LogP contribution in [0.3, 0.4) is 0 Å². The third-order valence-corrected chi connectivity index (χ3v) is 5.79. The number of nitrogens with zero attached hydrogens (tertiary/aromatic N) is 2. The van der Waals surface area contributed by atoms with E-state index in [1.807, 2.05) is 66.7 Å². The molecule has 6 nitrogen and oxygen atoms in total. The van der Waals surface area contributed by atoms with E-state index in [4.69, 9.17) is 26.8 Å². The van der Waals surface area contributed by atoms with Crippen LogP contribution < -0.4 is 15.2 Å². The summed E-state index contributed by atoms with van der Waals surface area (Å²) in [7, 11) is 0. The first-order valence-electron chi connectivity index (χ1n) is 10.3. The predicted molar refractivity (Wildman–Crippen MR) is 126 cm³/mol. The molecule has 3 aromatic carbocycles. The lowest BCUT2D eigenvalue weighted by Crippen LogP contribution is -2.21. The zero-order valence-electron chi connectivity index (χ0n) is 17.5. The lowest BCUT2D eigenvalue weighted by Gasteiger charge is -2.24. The molecule has 0 spiro atoms. The maximum atomic E-state index is 9.88. The molecule has 0 radical (unpaired) electrons. The predicted octanol–water partition coefficient (Wildman–Crippen LogP) is 5.53. The Morgan fingerprint density at radius 2 is 1.76 bits per heavy atom. The van der Waals surface area contributed by atoms with Crippen LogP contribution in [0.15, 0.2) is 90.3 Å². The molecule has 0 saturated heterocycles. The number of aromatic amines is 1. The van der Waals surface area contributed by atoms with Crippen molar-refractivity contribution in [1.29, 1.82) is 5.26 Å². The number of rotatable bonds is 5. The molecule has 0 aliphatic carbocycles. The van der Waals surface area contributed by atoms with E-state index in [1.54, 1.807) is 12.1 Å². The summed E-state index contributed by atoms with van der Waals surface area (Å²) in [5.41, 5.74) is 10.8. The first kappa shape index (κ1) is 20.7. The van der Waals surface area contributed by atoms with Gasteiger partial charge in [-0.1, -0.05) is 66.2 Å². The number of fused-ring (bicyclic) bond motifs is 1. The third kappa shape index (κ3) is 4.02. The van der Waals surface area contributed by atoms with E-state index in [-0.39, 0.29) is 5.88 Å². The fourth-order valence-corrected chi connectivity index (χ4v) is 4.04. The fourth-order valence-electron chi connectivity index (χ4n) is 3.91. The Kier molecular flexibility index (Phi) is 5.47. The summed E-state index contributed by atoms with van der Waals surface area (Å²) in [5, 5.41) is 17.8. The van der Waals surface area contributed by atoms with Crippen LogP contribution >= 0.6 is 11.6 Å². The molecule has 33 heavy (non-hydrogen) atoms. The number of ether oxygens (including phenoxy) is 2. The van der Waals surface area contributed by atoms with Gasteiger partial charge in [-0.15, -0.1) is 5.10 Å². The van der Waals surface area contributed by atoms with Crippen molar-refractivity contribution < 1.29 is 9.47 Å². The maximum Gasteiger partial charge on any atom is 0.244 e. The van der Waals surface area contributed by atoms with Crippen molar-refractivity contribution >= 4 is 11.6 Å². The molecule has 0 amide bonds. The second kappa shape index (κ2) is 8.73. The molecule has 162 valence electrons. The van der Waals surface area contributed by atoms with Crippen LogP contribution in [-0.2, 0) is 6.61 Å². The summed E-state index contributed by atoms with van der Waals surface area (Å²) in [6, 6.07) is 27.2. The Bertz CT molecular complexity index is 1350. The average molecular weight is 455 g/mol. The van der Waals surface area contributed by atoms with E-state index in [2.05, 4.69) is 16.3 Å². The molecule has 1 aromatic heterocycles. The number of hydrogen-bond acceptors (Lipinski definition) is 5. The van der Waals surface area contributed by atoms with Gasteiger partial charge in [-0.2, -0.15) is 5.26 Å². The lowest BCUT2D eigenvalue weighted by atomic mass is 9.83. The number of nitrogens with one attached hydrogen (secondary N) is 1. The van der Waals surface area contributed by atoms with Crippen molar-refractivity contribution in [2.24, 2.45) is 5.73 Å². The van der Waals surface area contributed by atoms with Crippen LogP contribution in [0.2, 0.25) is 5.02 Å². The number of aromatic nitrogens is 2. The SMILES string of the molecule is N#CC1=C(N)Oc2n[nH]c(-c3ccc(Cl)cc3)c2[C@@H]1c1ccc(OCc2ccccc2)cc1. The average Bonchev–Trinajstić information content (AvgIpc) is 3.26. The number of H-pyrrole nitrogens is 1. The second-order valence-corrected chi connectivity index (χ2v) is 8.03. The maximum absolute atomic E-state index is 9.88. The first-order valence-corrected chi connectivity index (χ1v) is 10.7. The van der Waals surface area contributed by atoms with Gasteiger partial charge < -0.3 is 15.2 Å². The lowest BCUT2D eigenvalue weighted by molar-refractivity contribution is 0.306. The minimum Gasteiger partial charge on any atom is -0.489 e. The highest BCUT2D eigenvalue weighted by Crippen LogP contribution is 2.45. The van der Waals surface area contributed by atoms with Crippen LogP contribution in [0.5, 0.6) is 11.6 Å². The minimum atomic E-state index is -0.439. The third-order valence-electron chi connectivity index (χ3n) is 5.53. The number of hydrogen-bond donors (Lipinski definition) is 2. The highest BCUT2D eigenvalue weighted by atomic mass is 35.5. The zero-order chi connectivity index (χ0) is 22.8. The normalized spacial score (nSPS) is 14.8. The summed E-state index contributed by atoms with van der Waals surface area (Å²) in [5.74, 6) is 0.696. The first-order chi connectivity index (χ1) is 16.1. The van der Waals surface area contributed by atoms with Crippen molar-refractivity contribution in [3.8, 4) is 29.0 Å². The van der Waals surface area contributed by atoms with Crippen molar-refractivity contribution in [2.75, 3.05) is 0 Å². The largest absolute Gasteiger partial charge is 0.489 e. The van der Waals surface area contributed by atoms with Crippen LogP contribution in [0, 0.1) is 11.3 Å². The number of halogens is 1. The Morgan fingerprint density at radius 1 is 1.03 bits per heavy atom. The van der Waals surface area contributed by atoms with E-state index in [0.29, 0.717) is 23.1 Å². The van der Waals surface area contributed by atoms with Crippen molar-refractivity contribution in [1.82, 2.24) is 10.2 Å². The van der Waals surface area contributed by atoms with Gasteiger partial charge in [-0.25, -0.2) is 0 Å². The summed E-state index contributed by atoms with van der Waals surface area (Å²) in [6.45, 7) is 0.473. The Balaban J connectivity index is 1.50. The molecule has 2 heterocycles. The van der Waals surface area contributed by atoms with Crippen LogP contribution in [0.25, 0.3) is 11.3 Å². The number of benzene rings is 3. The molecule has 7 heteroatoms. The van der Waals surface area contributed by atoms with Crippen LogP contribution in [-0.4, -0.2) is 10.2 Å². The highest BCUT2D eigenvalue weighted by Gasteiger charge is 2.35. The number of allylic oxidation sites excluding steroid dienone is 1. The van der Waals surface area contributed by atoms with E-state index >= 15 is 0 Å². The fraction of sp³-hybridized carbons (Fsp3) is 0.0769. The van der Waals surface area contributed by atoms with Crippen molar-refractivity contribution in [3.05, 3.63) is 112 Å². The van der Waals surface area contributed by atoms with Crippen molar-refractivity contribution in [3.63, 3.8) is 0 Å². The van der Waals surface area contributed by atoms with Gasteiger partial charge in [0.05, 0.1) is 17.2 Å². The summed E-state index contributed by atoms with van der Waals surface area (Å²) in [4.78, 5) is 0. The van der Waals surface area contributed by atoms with E-state index in [0.717, 1.165) is 33.7 Å². The molecular formula is C26H19ClN4O2. The van der Waals surface area contributed by atoms with Gasteiger partial charge in [-0.3, -0.25) is 5.10 Å². The quantitative estimate of drug-likeness (QED) is 0.413. The van der Waals surface area contributed by atoms with Gasteiger partial charge in [0.15, 0.2) is 0 Å². The molecule has 0 saturated carbocycles. The standard InChI is InChI=1S/C26H19ClN4O2/c27-19-10-6-18(7-11-19)24-23-22(21(14-28)25(29)33-26(23)31-30-24)17-8-12-20(13-9-17)32-15-16-4-2-1-3-5-16/h1-13,22H,15,29H2,(H,30,31)/t22-/m1/s1. The molecule has 1 aliphatic heterocycles.